The Labute approximate surface area is 258 Å². The van der Waals surface area contributed by atoms with Crippen molar-refractivity contribution in [2.24, 2.45) is 0 Å². The fourth-order valence-corrected chi connectivity index (χ4v) is 7.03. The number of likely N-dealkylation sites (tertiary alicyclic amines) is 1. The van der Waals surface area contributed by atoms with Crippen molar-refractivity contribution in [1.82, 2.24) is 19.6 Å². The van der Waals surface area contributed by atoms with Crippen LogP contribution in [0.15, 0.2) is 36.5 Å². The van der Waals surface area contributed by atoms with Gasteiger partial charge in [-0.15, -0.1) is 0 Å². The molecular weight excluding hydrogens is 561 g/mol. The summed E-state index contributed by atoms with van der Waals surface area (Å²) in [7, 11) is 0. The van der Waals surface area contributed by atoms with E-state index in [9.17, 15) is 9.90 Å². The van der Waals surface area contributed by atoms with Crippen molar-refractivity contribution >= 4 is 22.7 Å². The van der Waals surface area contributed by atoms with Gasteiger partial charge in [-0.25, -0.2) is 13.9 Å². The zero-order valence-corrected chi connectivity index (χ0v) is 26.2. The van der Waals surface area contributed by atoms with Crippen LogP contribution in [0.5, 0.6) is 5.75 Å². The van der Waals surface area contributed by atoms with Gasteiger partial charge in [0.1, 0.15) is 17.0 Å². The molecule has 2 aromatic carbocycles. The van der Waals surface area contributed by atoms with Gasteiger partial charge in [0.25, 0.3) is 0 Å². The summed E-state index contributed by atoms with van der Waals surface area (Å²) in [5.74, 6) is 0.170. The van der Waals surface area contributed by atoms with E-state index >= 15 is 4.39 Å². The minimum Gasteiger partial charge on any atom is -0.508 e. The maximum absolute atomic E-state index is 15.3. The third-order valence-electron chi connectivity index (χ3n) is 9.54. The van der Waals surface area contributed by atoms with Gasteiger partial charge in [-0.1, -0.05) is 12.1 Å². The fraction of sp³-hybridized carbons (Fsp3) is 0.588. The molecular formula is C34H44FN5O4. The number of rotatable bonds is 6. The highest BCUT2D eigenvalue weighted by atomic mass is 19.1. The standard InChI is InChI=1S/C34H44FN5O4/c1-21-15-26-24(10-11-28-27(26)17-36-40(28)30-7-5-6-14-43-30)31(39(21)20-34(35)12-13-34)25-9-8-22(16-29(25)41)37-23-18-38(19-23)32(42)44-33(2,3)4/h8-11,16-17,21,23,30-31,37,41H,5-7,12-15,18-20H2,1-4H3/t21-,30?,31?/m1/s1. The summed E-state index contributed by atoms with van der Waals surface area (Å²) in [6.07, 6.45) is 6.70. The smallest absolute Gasteiger partial charge is 0.410 e. The summed E-state index contributed by atoms with van der Waals surface area (Å²) in [5.41, 5.74) is 3.20. The van der Waals surface area contributed by atoms with Gasteiger partial charge in [0.15, 0.2) is 6.23 Å². The van der Waals surface area contributed by atoms with Crippen LogP contribution >= 0.6 is 0 Å². The van der Waals surface area contributed by atoms with Crippen LogP contribution in [0.25, 0.3) is 10.9 Å². The number of phenols is 1. The Kier molecular flexibility index (Phi) is 7.28. The number of ether oxygens (including phenoxy) is 2. The predicted molar refractivity (Wildman–Crippen MR) is 167 cm³/mol. The van der Waals surface area contributed by atoms with Crippen molar-refractivity contribution in [3.05, 3.63) is 53.2 Å². The molecule has 44 heavy (non-hydrogen) atoms. The Balaban J connectivity index is 1.16. The van der Waals surface area contributed by atoms with E-state index in [1.54, 1.807) is 11.0 Å². The Morgan fingerprint density at radius 2 is 1.95 bits per heavy atom. The molecule has 4 aliphatic rings. The summed E-state index contributed by atoms with van der Waals surface area (Å²) in [5, 5.41) is 20.8. The number of nitrogens with zero attached hydrogens (tertiary/aromatic N) is 4. The zero-order chi connectivity index (χ0) is 30.8. The predicted octanol–water partition coefficient (Wildman–Crippen LogP) is 6.31. The molecule has 1 aromatic heterocycles. The number of fused-ring (bicyclic) bond motifs is 3. The van der Waals surface area contributed by atoms with E-state index in [0.717, 1.165) is 60.0 Å². The topological polar surface area (TPSA) is 92.1 Å². The van der Waals surface area contributed by atoms with Gasteiger partial charge in [0.05, 0.1) is 23.8 Å². The average Bonchev–Trinajstić information content (AvgIpc) is 3.51. The highest BCUT2D eigenvalue weighted by Crippen LogP contribution is 2.48. The minimum absolute atomic E-state index is 0.0511. The van der Waals surface area contributed by atoms with Gasteiger partial charge in [-0.2, -0.15) is 5.10 Å². The number of amides is 1. The number of anilines is 1. The number of alkyl halides is 1. The Morgan fingerprint density at radius 1 is 1.18 bits per heavy atom. The Hall–Kier alpha value is -3.37. The lowest BCUT2D eigenvalue weighted by atomic mass is 9.83. The van der Waals surface area contributed by atoms with E-state index in [4.69, 9.17) is 14.6 Å². The molecule has 4 heterocycles. The van der Waals surface area contributed by atoms with Crippen LogP contribution < -0.4 is 5.32 Å². The van der Waals surface area contributed by atoms with Gasteiger partial charge in [0, 0.05) is 55.0 Å². The van der Waals surface area contributed by atoms with Crippen LogP contribution in [0, 0.1) is 0 Å². The van der Waals surface area contributed by atoms with Crippen LogP contribution in [0.1, 0.15) is 88.8 Å². The van der Waals surface area contributed by atoms with Gasteiger partial charge in [-0.05, 0) is 89.5 Å². The Bertz CT molecular complexity index is 1550. The first-order chi connectivity index (χ1) is 21.0. The number of phenolic OH excluding ortho intramolecular Hbond substituents is 1. The fourth-order valence-electron chi connectivity index (χ4n) is 7.03. The summed E-state index contributed by atoms with van der Waals surface area (Å²) >= 11 is 0. The molecule has 3 atom stereocenters. The van der Waals surface area contributed by atoms with Crippen LogP contribution in [0.2, 0.25) is 0 Å². The molecule has 0 bridgehead atoms. The number of hydrogen-bond acceptors (Lipinski definition) is 7. The molecule has 0 radical (unpaired) electrons. The summed E-state index contributed by atoms with van der Waals surface area (Å²) in [4.78, 5) is 16.2. The van der Waals surface area contributed by atoms with Crippen LogP contribution in [-0.2, 0) is 15.9 Å². The molecule has 2 N–H and O–H groups in total. The molecule has 3 fully saturated rings. The largest absolute Gasteiger partial charge is 0.508 e. The number of nitrogens with one attached hydrogen (secondary N) is 1. The third-order valence-corrected chi connectivity index (χ3v) is 9.54. The van der Waals surface area contributed by atoms with Crippen molar-refractivity contribution in [3.8, 4) is 5.75 Å². The van der Waals surface area contributed by atoms with Crippen molar-refractivity contribution in [2.75, 3.05) is 31.6 Å². The van der Waals surface area contributed by atoms with E-state index in [1.807, 2.05) is 43.8 Å². The number of benzene rings is 2. The lowest BCUT2D eigenvalue weighted by Gasteiger charge is -2.43. The van der Waals surface area contributed by atoms with E-state index in [2.05, 4.69) is 29.3 Å². The summed E-state index contributed by atoms with van der Waals surface area (Å²) in [6, 6.07) is 9.80. The second kappa shape index (κ2) is 10.9. The molecule has 1 aliphatic carbocycles. The third kappa shape index (κ3) is 5.62. The van der Waals surface area contributed by atoms with Crippen molar-refractivity contribution in [2.45, 2.75) is 102 Å². The SMILES string of the molecule is C[C@@H]1Cc2c(ccc3c2cnn3C2CCCCO2)C(c2ccc(NC3CN(C(=O)OC(C)(C)C)C3)cc2O)N1CC1(F)CC1. The molecule has 236 valence electrons. The highest BCUT2D eigenvalue weighted by Gasteiger charge is 2.48. The maximum atomic E-state index is 15.3. The molecule has 2 saturated heterocycles. The van der Waals surface area contributed by atoms with Gasteiger partial charge in [-0.3, -0.25) is 4.90 Å². The molecule has 10 heteroatoms. The van der Waals surface area contributed by atoms with Crippen LogP contribution in [-0.4, -0.2) is 80.4 Å². The van der Waals surface area contributed by atoms with E-state index in [0.29, 0.717) is 32.5 Å². The number of aromatic nitrogens is 2. The van der Waals surface area contributed by atoms with Gasteiger partial charge < -0.3 is 24.8 Å². The molecule has 1 saturated carbocycles. The van der Waals surface area contributed by atoms with Crippen molar-refractivity contribution in [1.29, 1.82) is 0 Å². The quantitative estimate of drug-likeness (QED) is 0.340. The average molecular weight is 606 g/mol. The monoisotopic (exact) mass is 605 g/mol. The number of hydrogen-bond donors (Lipinski definition) is 2. The second-order valence-electron chi connectivity index (χ2n) is 14.3. The maximum Gasteiger partial charge on any atom is 0.410 e. The minimum atomic E-state index is -1.17. The van der Waals surface area contributed by atoms with E-state index in [-0.39, 0.29) is 36.2 Å². The van der Waals surface area contributed by atoms with Gasteiger partial charge in [0.2, 0.25) is 0 Å². The molecule has 2 unspecified atom stereocenters. The van der Waals surface area contributed by atoms with Crippen LogP contribution in [0.4, 0.5) is 14.9 Å². The number of carbonyl (C=O) groups is 1. The molecule has 0 spiro atoms. The molecule has 7 rings (SSSR count). The second-order valence-corrected chi connectivity index (χ2v) is 14.3. The first kappa shape index (κ1) is 29.3. The molecule has 9 nitrogen and oxygen atoms in total. The Morgan fingerprint density at radius 3 is 2.64 bits per heavy atom. The van der Waals surface area contributed by atoms with E-state index in [1.165, 1.54) is 5.56 Å². The lowest BCUT2D eigenvalue weighted by Crippen LogP contribution is -2.57. The zero-order valence-electron chi connectivity index (χ0n) is 26.2. The van der Waals surface area contributed by atoms with E-state index < -0.39 is 11.3 Å². The van der Waals surface area contributed by atoms with Gasteiger partial charge >= 0.3 is 6.09 Å². The molecule has 1 amide bonds. The summed E-state index contributed by atoms with van der Waals surface area (Å²) < 4.78 is 28.9. The number of carbonyl (C=O) groups excluding carboxylic acids is 1. The van der Waals surface area contributed by atoms with Crippen molar-refractivity contribution in [3.63, 3.8) is 0 Å². The first-order valence-electron chi connectivity index (χ1n) is 16.1. The number of aromatic hydroxyl groups is 1. The van der Waals surface area contributed by atoms with Crippen LogP contribution in [0.3, 0.4) is 0 Å². The molecule has 3 aromatic rings. The number of halogens is 1. The highest BCUT2D eigenvalue weighted by molar-refractivity contribution is 5.84. The lowest BCUT2D eigenvalue weighted by molar-refractivity contribution is -0.0366. The molecule has 3 aliphatic heterocycles. The van der Waals surface area contributed by atoms with Crippen molar-refractivity contribution < 1.29 is 23.8 Å². The summed E-state index contributed by atoms with van der Waals surface area (Å²) in [6.45, 7) is 9.90. The first-order valence-corrected chi connectivity index (χ1v) is 16.1. The normalized spacial score (nSPS) is 25.4.